The number of nitrogens with zero attached hydrogens (tertiary/aromatic N) is 6. The minimum atomic E-state index is 0.0200. The SMILES string of the molecule is Cc1ccc(-n2nnnc2CN2CCN(C(=O)c3cccc(Cl)c3)CC2)cc1. The van der Waals surface area contributed by atoms with E-state index in [1.165, 1.54) is 5.56 Å². The van der Waals surface area contributed by atoms with Crippen molar-refractivity contribution in [1.29, 1.82) is 0 Å². The van der Waals surface area contributed by atoms with Crippen LogP contribution in [-0.4, -0.2) is 62.1 Å². The van der Waals surface area contributed by atoms with Gasteiger partial charge in [0, 0.05) is 36.8 Å². The predicted octanol–water partition coefficient (Wildman–Crippen LogP) is 2.58. The molecular weight excluding hydrogens is 376 g/mol. The lowest BCUT2D eigenvalue weighted by atomic mass is 10.2. The second kappa shape index (κ2) is 8.08. The van der Waals surface area contributed by atoms with Gasteiger partial charge in [0.25, 0.3) is 5.91 Å². The van der Waals surface area contributed by atoms with Gasteiger partial charge < -0.3 is 4.90 Å². The summed E-state index contributed by atoms with van der Waals surface area (Å²) in [6, 6.07) is 15.2. The number of carbonyl (C=O) groups excluding carboxylic acids is 1. The van der Waals surface area contributed by atoms with Crippen LogP contribution in [0.2, 0.25) is 5.02 Å². The van der Waals surface area contributed by atoms with Gasteiger partial charge in [0.15, 0.2) is 5.82 Å². The molecule has 0 saturated carbocycles. The van der Waals surface area contributed by atoms with Crippen LogP contribution in [-0.2, 0) is 6.54 Å². The Labute approximate surface area is 168 Å². The van der Waals surface area contributed by atoms with E-state index in [2.05, 4.69) is 27.3 Å². The molecule has 2 heterocycles. The van der Waals surface area contributed by atoms with Crippen molar-refractivity contribution in [3.05, 3.63) is 70.5 Å². The van der Waals surface area contributed by atoms with E-state index in [1.807, 2.05) is 29.2 Å². The number of aromatic nitrogens is 4. The van der Waals surface area contributed by atoms with Crippen molar-refractivity contribution in [1.82, 2.24) is 30.0 Å². The first-order valence-electron chi connectivity index (χ1n) is 9.21. The molecule has 1 amide bonds. The van der Waals surface area contributed by atoms with Crippen molar-refractivity contribution in [2.45, 2.75) is 13.5 Å². The largest absolute Gasteiger partial charge is 0.336 e. The Kier molecular flexibility index (Phi) is 5.36. The summed E-state index contributed by atoms with van der Waals surface area (Å²) in [6.45, 7) is 5.56. The Morgan fingerprint density at radius 3 is 2.54 bits per heavy atom. The van der Waals surface area contributed by atoms with E-state index in [1.54, 1.807) is 28.9 Å². The molecular formula is C20H21ClN6O. The standard InChI is InChI=1S/C20H21ClN6O/c1-15-5-7-18(8-6-15)27-19(22-23-24-27)14-25-9-11-26(12-10-25)20(28)16-3-2-4-17(21)13-16/h2-8,13H,9-12,14H2,1H3. The van der Waals surface area contributed by atoms with Crippen LogP contribution in [0.1, 0.15) is 21.7 Å². The summed E-state index contributed by atoms with van der Waals surface area (Å²) in [7, 11) is 0. The number of hydrogen-bond acceptors (Lipinski definition) is 5. The summed E-state index contributed by atoms with van der Waals surface area (Å²) in [6.07, 6.45) is 0. The van der Waals surface area contributed by atoms with E-state index in [9.17, 15) is 4.79 Å². The topological polar surface area (TPSA) is 67.2 Å². The quantitative estimate of drug-likeness (QED) is 0.678. The molecule has 0 radical (unpaired) electrons. The first-order valence-corrected chi connectivity index (χ1v) is 9.59. The van der Waals surface area contributed by atoms with Crippen LogP contribution in [0.25, 0.3) is 5.69 Å². The Bertz CT molecular complexity index is 963. The van der Waals surface area contributed by atoms with E-state index in [-0.39, 0.29) is 5.91 Å². The number of tetrazole rings is 1. The zero-order valence-electron chi connectivity index (χ0n) is 15.6. The predicted molar refractivity (Wildman–Crippen MR) is 107 cm³/mol. The average Bonchev–Trinajstić information content (AvgIpc) is 3.17. The van der Waals surface area contributed by atoms with Gasteiger partial charge in [0.2, 0.25) is 0 Å². The first-order chi connectivity index (χ1) is 13.6. The summed E-state index contributed by atoms with van der Waals surface area (Å²) in [5.74, 6) is 0.810. The lowest BCUT2D eigenvalue weighted by molar-refractivity contribution is 0.0624. The zero-order chi connectivity index (χ0) is 19.5. The second-order valence-corrected chi connectivity index (χ2v) is 7.36. The summed E-state index contributed by atoms with van der Waals surface area (Å²) in [4.78, 5) is 16.8. The molecule has 1 aliphatic rings. The molecule has 3 aromatic rings. The Morgan fingerprint density at radius 1 is 1.07 bits per heavy atom. The van der Waals surface area contributed by atoms with E-state index in [4.69, 9.17) is 11.6 Å². The van der Waals surface area contributed by atoms with Gasteiger partial charge in [-0.2, -0.15) is 4.68 Å². The molecule has 1 aliphatic heterocycles. The van der Waals surface area contributed by atoms with Crippen LogP contribution >= 0.6 is 11.6 Å². The fraction of sp³-hybridized carbons (Fsp3) is 0.300. The molecule has 144 valence electrons. The number of halogens is 1. The molecule has 4 rings (SSSR count). The second-order valence-electron chi connectivity index (χ2n) is 6.92. The zero-order valence-corrected chi connectivity index (χ0v) is 16.4. The molecule has 0 unspecified atom stereocenters. The molecule has 2 aromatic carbocycles. The average molecular weight is 397 g/mol. The van der Waals surface area contributed by atoms with Crippen LogP contribution in [0.3, 0.4) is 0 Å². The van der Waals surface area contributed by atoms with Gasteiger partial charge >= 0.3 is 0 Å². The number of aryl methyl sites for hydroxylation is 1. The molecule has 0 bridgehead atoms. The van der Waals surface area contributed by atoms with E-state index >= 15 is 0 Å². The van der Waals surface area contributed by atoms with E-state index in [0.717, 1.165) is 24.6 Å². The van der Waals surface area contributed by atoms with Crippen molar-refractivity contribution in [2.75, 3.05) is 26.2 Å². The maximum absolute atomic E-state index is 12.7. The maximum Gasteiger partial charge on any atom is 0.253 e. The molecule has 0 spiro atoms. The van der Waals surface area contributed by atoms with Gasteiger partial charge in [-0.15, -0.1) is 5.10 Å². The number of amides is 1. The van der Waals surface area contributed by atoms with Gasteiger partial charge in [-0.3, -0.25) is 9.69 Å². The number of piperazine rings is 1. The molecule has 0 atom stereocenters. The summed E-state index contributed by atoms with van der Waals surface area (Å²) < 4.78 is 1.77. The third-order valence-corrected chi connectivity index (χ3v) is 5.14. The molecule has 28 heavy (non-hydrogen) atoms. The van der Waals surface area contributed by atoms with Gasteiger partial charge in [0.1, 0.15) is 0 Å². The lowest BCUT2D eigenvalue weighted by Crippen LogP contribution is -2.48. The van der Waals surface area contributed by atoms with Crippen LogP contribution in [0.4, 0.5) is 0 Å². The summed E-state index contributed by atoms with van der Waals surface area (Å²) in [5.41, 5.74) is 2.77. The smallest absolute Gasteiger partial charge is 0.253 e. The molecule has 0 aliphatic carbocycles. The highest BCUT2D eigenvalue weighted by Gasteiger charge is 2.23. The minimum absolute atomic E-state index is 0.0200. The Morgan fingerprint density at radius 2 is 1.82 bits per heavy atom. The van der Waals surface area contributed by atoms with Gasteiger partial charge in [-0.05, 0) is 47.7 Å². The molecule has 8 heteroatoms. The van der Waals surface area contributed by atoms with Crippen molar-refractivity contribution in [3.63, 3.8) is 0 Å². The number of hydrogen-bond donors (Lipinski definition) is 0. The van der Waals surface area contributed by atoms with E-state index in [0.29, 0.717) is 30.2 Å². The van der Waals surface area contributed by atoms with Gasteiger partial charge in [-0.25, -0.2) is 0 Å². The molecule has 1 fully saturated rings. The maximum atomic E-state index is 12.7. The van der Waals surface area contributed by atoms with E-state index < -0.39 is 0 Å². The number of benzene rings is 2. The fourth-order valence-electron chi connectivity index (χ4n) is 3.30. The molecule has 1 aromatic heterocycles. The minimum Gasteiger partial charge on any atom is -0.336 e. The third-order valence-electron chi connectivity index (χ3n) is 4.91. The molecule has 7 nitrogen and oxygen atoms in total. The van der Waals surface area contributed by atoms with Crippen LogP contribution < -0.4 is 0 Å². The van der Waals surface area contributed by atoms with Crippen LogP contribution in [0, 0.1) is 6.92 Å². The van der Waals surface area contributed by atoms with Gasteiger partial charge in [0.05, 0.1) is 12.2 Å². The monoisotopic (exact) mass is 396 g/mol. The van der Waals surface area contributed by atoms with Crippen molar-refractivity contribution < 1.29 is 4.79 Å². The first kappa shape index (κ1) is 18.6. The van der Waals surface area contributed by atoms with Crippen LogP contribution in [0.15, 0.2) is 48.5 Å². The number of rotatable bonds is 4. The molecule has 1 saturated heterocycles. The summed E-state index contributed by atoms with van der Waals surface area (Å²) >= 11 is 6.00. The highest BCUT2D eigenvalue weighted by Crippen LogP contribution is 2.16. The molecule has 0 N–H and O–H groups in total. The van der Waals surface area contributed by atoms with Crippen molar-refractivity contribution in [3.8, 4) is 5.69 Å². The summed E-state index contributed by atoms with van der Waals surface area (Å²) in [5, 5.41) is 12.7. The number of carbonyl (C=O) groups is 1. The van der Waals surface area contributed by atoms with Crippen LogP contribution in [0.5, 0.6) is 0 Å². The Hall–Kier alpha value is -2.77. The highest BCUT2D eigenvalue weighted by molar-refractivity contribution is 6.30. The van der Waals surface area contributed by atoms with Gasteiger partial charge in [-0.1, -0.05) is 35.4 Å². The lowest BCUT2D eigenvalue weighted by Gasteiger charge is -2.34. The highest BCUT2D eigenvalue weighted by atomic mass is 35.5. The normalized spacial score (nSPS) is 15.0. The van der Waals surface area contributed by atoms with Crippen molar-refractivity contribution >= 4 is 17.5 Å². The Balaban J connectivity index is 1.38. The third kappa shape index (κ3) is 4.05. The van der Waals surface area contributed by atoms with Crippen molar-refractivity contribution in [2.24, 2.45) is 0 Å². The fourth-order valence-corrected chi connectivity index (χ4v) is 3.49.